The van der Waals surface area contributed by atoms with Crippen molar-refractivity contribution in [2.75, 3.05) is 0 Å². The Morgan fingerprint density at radius 2 is 1.79 bits per heavy atom. The van der Waals surface area contributed by atoms with Gasteiger partial charge in [0.25, 0.3) is 0 Å². The molecule has 4 rings (SSSR count). The number of rotatable bonds is 4. The molecular weight excluding hydrogens is 386 g/mol. The van der Waals surface area contributed by atoms with Crippen molar-refractivity contribution in [3.8, 4) is 11.5 Å². The quantitative estimate of drug-likeness (QED) is 0.520. The van der Waals surface area contributed by atoms with Gasteiger partial charge in [-0.1, -0.05) is 35.9 Å². The zero-order chi connectivity index (χ0) is 19.7. The lowest BCUT2D eigenvalue weighted by Gasteiger charge is -2.08. The van der Waals surface area contributed by atoms with Gasteiger partial charge in [0.15, 0.2) is 5.76 Å². The number of ketones is 1. The molecule has 3 aromatic rings. The van der Waals surface area contributed by atoms with Gasteiger partial charge in [-0.15, -0.1) is 0 Å². The summed E-state index contributed by atoms with van der Waals surface area (Å²) in [5.41, 5.74) is 0.822. The van der Waals surface area contributed by atoms with Gasteiger partial charge in [0.2, 0.25) is 5.78 Å². The average Bonchev–Trinajstić information content (AvgIpc) is 2.99. The van der Waals surface area contributed by atoms with Crippen LogP contribution in [0.25, 0.3) is 6.08 Å². The molecule has 0 spiro atoms. The molecule has 0 unspecified atom stereocenters. The third kappa shape index (κ3) is 3.49. The Morgan fingerprint density at radius 1 is 1.00 bits per heavy atom. The predicted octanol–water partition coefficient (Wildman–Crippen LogP) is 5.81. The number of carbonyl (C=O) groups excluding carboxylic acids is 1. The number of hydrogen-bond acceptors (Lipinski definition) is 3. The van der Waals surface area contributed by atoms with Crippen LogP contribution in [0.15, 0.2) is 66.4 Å². The minimum absolute atomic E-state index is 0.0340. The molecule has 0 saturated carbocycles. The van der Waals surface area contributed by atoms with Gasteiger partial charge in [0.1, 0.15) is 29.7 Å². The number of halogens is 3. The molecule has 3 aromatic carbocycles. The predicted molar refractivity (Wildman–Crippen MR) is 102 cm³/mol. The van der Waals surface area contributed by atoms with Crippen molar-refractivity contribution in [2.45, 2.75) is 6.61 Å². The summed E-state index contributed by atoms with van der Waals surface area (Å²) in [6.07, 6.45) is 1.28. The van der Waals surface area contributed by atoms with Crippen molar-refractivity contribution < 1.29 is 23.0 Å². The van der Waals surface area contributed by atoms with E-state index in [9.17, 15) is 13.6 Å². The molecule has 1 aliphatic rings. The van der Waals surface area contributed by atoms with E-state index in [0.717, 1.165) is 0 Å². The molecule has 1 heterocycles. The van der Waals surface area contributed by atoms with Gasteiger partial charge >= 0.3 is 0 Å². The Kier molecular flexibility index (Phi) is 4.84. The summed E-state index contributed by atoms with van der Waals surface area (Å²) in [5.74, 6) is -0.624. The second kappa shape index (κ2) is 7.44. The Morgan fingerprint density at radius 3 is 2.57 bits per heavy atom. The maximum Gasteiger partial charge on any atom is 0.231 e. The van der Waals surface area contributed by atoms with Crippen LogP contribution in [0.1, 0.15) is 21.5 Å². The highest BCUT2D eigenvalue weighted by atomic mass is 35.5. The molecule has 0 amide bonds. The molecule has 0 fully saturated rings. The summed E-state index contributed by atoms with van der Waals surface area (Å²) < 4.78 is 38.8. The maximum atomic E-state index is 14.0. The summed E-state index contributed by atoms with van der Waals surface area (Å²) in [5, 5.41) is 0.175. The normalized spacial score (nSPS) is 14.1. The van der Waals surface area contributed by atoms with E-state index in [-0.39, 0.29) is 40.3 Å². The topological polar surface area (TPSA) is 35.5 Å². The highest BCUT2D eigenvalue weighted by Crippen LogP contribution is 2.36. The van der Waals surface area contributed by atoms with Crippen LogP contribution in [-0.4, -0.2) is 5.78 Å². The zero-order valence-corrected chi connectivity index (χ0v) is 15.2. The first kappa shape index (κ1) is 18.2. The van der Waals surface area contributed by atoms with E-state index in [0.29, 0.717) is 16.9 Å². The van der Waals surface area contributed by atoms with Crippen LogP contribution in [0.2, 0.25) is 5.02 Å². The van der Waals surface area contributed by atoms with Crippen LogP contribution >= 0.6 is 11.6 Å². The van der Waals surface area contributed by atoms with E-state index >= 15 is 0 Å². The number of benzene rings is 3. The third-order valence-corrected chi connectivity index (χ3v) is 4.60. The van der Waals surface area contributed by atoms with E-state index in [4.69, 9.17) is 21.1 Å². The molecule has 0 radical (unpaired) electrons. The summed E-state index contributed by atoms with van der Waals surface area (Å²) in [6, 6.07) is 15.2. The van der Waals surface area contributed by atoms with Crippen LogP contribution in [0.5, 0.6) is 11.5 Å². The van der Waals surface area contributed by atoms with Crippen LogP contribution in [0.4, 0.5) is 8.78 Å². The highest BCUT2D eigenvalue weighted by molar-refractivity contribution is 6.32. The molecule has 1 aliphatic heterocycles. The number of carbonyl (C=O) groups is 1. The van der Waals surface area contributed by atoms with E-state index in [2.05, 4.69) is 0 Å². The molecule has 0 atom stereocenters. The van der Waals surface area contributed by atoms with Gasteiger partial charge in [0.05, 0.1) is 10.6 Å². The second-order valence-electron chi connectivity index (χ2n) is 6.11. The van der Waals surface area contributed by atoms with Gasteiger partial charge in [-0.2, -0.15) is 0 Å². The van der Waals surface area contributed by atoms with Crippen molar-refractivity contribution >= 4 is 23.5 Å². The number of ether oxygens (including phenoxy) is 2. The van der Waals surface area contributed by atoms with Crippen LogP contribution in [0.3, 0.4) is 0 Å². The molecule has 0 N–H and O–H groups in total. The van der Waals surface area contributed by atoms with Crippen molar-refractivity contribution in [3.63, 3.8) is 0 Å². The number of hydrogen-bond donors (Lipinski definition) is 0. The summed E-state index contributed by atoms with van der Waals surface area (Å²) in [7, 11) is 0. The van der Waals surface area contributed by atoms with E-state index in [1.165, 1.54) is 36.4 Å². The first-order valence-corrected chi connectivity index (χ1v) is 8.79. The van der Waals surface area contributed by atoms with Gasteiger partial charge in [-0.25, -0.2) is 8.78 Å². The van der Waals surface area contributed by atoms with Crippen molar-refractivity contribution in [1.82, 2.24) is 0 Å². The smallest absolute Gasteiger partial charge is 0.231 e. The van der Waals surface area contributed by atoms with E-state index in [1.807, 2.05) is 0 Å². The van der Waals surface area contributed by atoms with Gasteiger partial charge in [0, 0.05) is 17.2 Å². The van der Waals surface area contributed by atoms with Crippen molar-refractivity contribution in [1.29, 1.82) is 0 Å². The van der Waals surface area contributed by atoms with Crippen LogP contribution < -0.4 is 9.47 Å². The fraction of sp³-hybridized carbons (Fsp3) is 0.0455. The number of fused-ring (bicyclic) bond motifs is 1. The molecule has 6 heteroatoms. The largest absolute Gasteiger partial charge is 0.489 e. The summed E-state index contributed by atoms with van der Waals surface area (Å²) >= 11 is 6.00. The lowest BCUT2D eigenvalue weighted by atomic mass is 10.1. The first-order valence-electron chi connectivity index (χ1n) is 8.41. The van der Waals surface area contributed by atoms with Gasteiger partial charge in [-0.05, 0) is 36.4 Å². The molecule has 0 bridgehead atoms. The molecule has 28 heavy (non-hydrogen) atoms. The molecule has 3 nitrogen and oxygen atoms in total. The molecular formula is C22H13ClF2O3. The first-order chi connectivity index (χ1) is 13.5. The lowest BCUT2D eigenvalue weighted by Crippen LogP contribution is -1.99. The Balaban J connectivity index is 1.56. The molecule has 0 aromatic heterocycles. The second-order valence-corrected chi connectivity index (χ2v) is 6.52. The number of Topliss-reactive ketones (excluding diaryl/α,β-unsaturated/α-hetero) is 1. The fourth-order valence-corrected chi connectivity index (χ4v) is 3.03. The van der Waals surface area contributed by atoms with Crippen molar-refractivity contribution in [2.24, 2.45) is 0 Å². The third-order valence-electron chi connectivity index (χ3n) is 4.27. The maximum absolute atomic E-state index is 14.0. The molecule has 0 aliphatic carbocycles. The Hall–Kier alpha value is -3.18. The van der Waals surface area contributed by atoms with E-state index in [1.54, 1.807) is 30.3 Å². The van der Waals surface area contributed by atoms with E-state index < -0.39 is 5.82 Å². The standard InChI is InChI=1S/C22H13ClF2O3/c23-17-5-3-7-19(25)16(17)11-21-22(26)15-9-8-14(10-20(15)28-21)27-12-13-4-1-2-6-18(13)24/h1-11H,12H2. The van der Waals surface area contributed by atoms with Gasteiger partial charge in [-0.3, -0.25) is 4.79 Å². The van der Waals surface area contributed by atoms with Crippen LogP contribution in [0, 0.1) is 11.6 Å². The molecule has 0 saturated heterocycles. The SMILES string of the molecule is O=C1C(=Cc2c(F)cccc2Cl)Oc2cc(OCc3ccccc3F)ccc21. The minimum atomic E-state index is -0.554. The number of allylic oxidation sites excluding steroid dienone is 1. The fourth-order valence-electron chi connectivity index (χ4n) is 2.81. The Labute approximate surface area is 164 Å². The molecule has 140 valence electrons. The van der Waals surface area contributed by atoms with Gasteiger partial charge < -0.3 is 9.47 Å². The average molecular weight is 399 g/mol. The van der Waals surface area contributed by atoms with Crippen LogP contribution in [-0.2, 0) is 6.61 Å². The monoisotopic (exact) mass is 398 g/mol. The van der Waals surface area contributed by atoms with Crippen molar-refractivity contribution in [3.05, 3.63) is 99.8 Å². The Bertz CT molecular complexity index is 1090. The lowest BCUT2D eigenvalue weighted by molar-refractivity contribution is 0.101. The summed E-state index contributed by atoms with van der Waals surface area (Å²) in [6.45, 7) is 0.0347. The zero-order valence-electron chi connectivity index (χ0n) is 14.4. The summed E-state index contributed by atoms with van der Waals surface area (Å²) in [4.78, 5) is 12.5. The highest BCUT2D eigenvalue weighted by Gasteiger charge is 2.28. The minimum Gasteiger partial charge on any atom is -0.489 e.